The fourth-order valence-corrected chi connectivity index (χ4v) is 3.49. The van der Waals surface area contributed by atoms with E-state index in [1.54, 1.807) is 13.4 Å². The molecule has 0 fully saturated rings. The summed E-state index contributed by atoms with van der Waals surface area (Å²) in [6.45, 7) is 0. The minimum absolute atomic E-state index is 0.462. The molecule has 0 aliphatic heterocycles. The zero-order valence-corrected chi connectivity index (χ0v) is 10.7. The molecule has 0 amide bonds. The molecule has 0 radical (unpaired) electrons. The van der Waals surface area contributed by atoms with E-state index in [0.717, 1.165) is 0 Å². The summed E-state index contributed by atoms with van der Waals surface area (Å²) >= 11 is 0. The average molecular weight is 242 g/mol. The van der Waals surface area contributed by atoms with Gasteiger partial charge in [-0.3, -0.25) is 0 Å². The van der Waals surface area contributed by atoms with Crippen LogP contribution < -0.4 is 10.6 Å². The summed E-state index contributed by atoms with van der Waals surface area (Å²) in [5, 5.41) is 2.67. The number of hydrogen-bond donors (Lipinski definition) is 0. The molecule has 0 N–H and O–H groups in total. The molecule has 0 saturated carbocycles. The van der Waals surface area contributed by atoms with Gasteiger partial charge in [-0.2, -0.15) is 0 Å². The molecule has 0 unspecified atom stereocenters. The van der Waals surface area contributed by atoms with Crippen LogP contribution in [0.5, 0.6) is 0 Å². The maximum absolute atomic E-state index is 5.05. The van der Waals surface area contributed by atoms with Gasteiger partial charge in [0.1, 0.15) is 0 Å². The molecule has 2 heteroatoms. The smallest absolute Gasteiger partial charge is 0.0835 e. The van der Waals surface area contributed by atoms with E-state index >= 15 is 0 Å². The Morgan fingerprint density at radius 1 is 0.824 bits per heavy atom. The SMILES string of the molecule is CO/C=C\P(c1ccccc1)c1ccccc1. The standard InChI is InChI=1S/C15H15OP/c1-16-12-13-17(14-8-4-2-5-9-14)15-10-6-3-7-11-15/h2-13H,1H3/b13-12-. The molecule has 17 heavy (non-hydrogen) atoms. The first-order valence-electron chi connectivity index (χ1n) is 5.50. The van der Waals surface area contributed by atoms with Crippen molar-refractivity contribution in [2.75, 3.05) is 7.11 Å². The van der Waals surface area contributed by atoms with Crippen LogP contribution in [0.2, 0.25) is 0 Å². The monoisotopic (exact) mass is 242 g/mol. The Morgan fingerprint density at radius 3 is 1.71 bits per heavy atom. The van der Waals surface area contributed by atoms with Gasteiger partial charge in [-0.1, -0.05) is 60.7 Å². The molecule has 2 aromatic rings. The quantitative estimate of drug-likeness (QED) is 0.590. The van der Waals surface area contributed by atoms with E-state index in [9.17, 15) is 0 Å². The minimum atomic E-state index is -0.462. The van der Waals surface area contributed by atoms with Gasteiger partial charge in [0, 0.05) is 0 Å². The number of rotatable bonds is 4. The van der Waals surface area contributed by atoms with E-state index in [1.165, 1.54) is 10.6 Å². The normalized spacial score (nSPS) is 10.9. The molecule has 0 aromatic heterocycles. The molecule has 1 nitrogen and oxygen atoms in total. The van der Waals surface area contributed by atoms with Crippen molar-refractivity contribution >= 4 is 18.5 Å². The predicted molar refractivity (Wildman–Crippen MR) is 75.2 cm³/mol. The van der Waals surface area contributed by atoms with Crippen LogP contribution in [0.25, 0.3) is 0 Å². The second kappa shape index (κ2) is 6.22. The Balaban J connectivity index is 2.36. The van der Waals surface area contributed by atoms with E-state index in [-0.39, 0.29) is 0 Å². The molecule has 2 rings (SSSR count). The molecule has 0 aliphatic carbocycles. The molecule has 0 atom stereocenters. The average Bonchev–Trinajstić information content (AvgIpc) is 2.42. The minimum Gasteiger partial charge on any atom is -0.504 e. The molecule has 0 heterocycles. The summed E-state index contributed by atoms with van der Waals surface area (Å²) in [5.74, 6) is 2.14. The summed E-state index contributed by atoms with van der Waals surface area (Å²) in [6.07, 6.45) is 1.77. The molecule has 0 saturated heterocycles. The van der Waals surface area contributed by atoms with Gasteiger partial charge in [-0.25, -0.2) is 0 Å². The Hall–Kier alpha value is -1.59. The number of hydrogen-bond acceptors (Lipinski definition) is 1. The Bertz CT molecular complexity index is 425. The van der Waals surface area contributed by atoms with Crippen molar-refractivity contribution in [3.63, 3.8) is 0 Å². The third-order valence-corrected chi connectivity index (χ3v) is 4.54. The Labute approximate surface area is 104 Å². The zero-order chi connectivity index (χ0) is 11.9. The first kappa shape index (κ1) is 11.9. The van der Waals surface area contributed by atoms with Crippen LogP contribution in [-0.2, 0) is 4.74 Å². The summed E-state index contributed by atoms with van der Waals surface area (Å²) in [6, 6.07) is 21.1. The van der Waals surface area contributed by atoms with E-state index < -0.39 is 7.92 Å². The van der Waals surface area contributed by atoms with E-state index in [2.05, 4.69) is 54.3 Å². The van der Waals surface area contributed by atoms with Crippen LogP contribution in [0.1, 0.15) is 0 Å². The van der Waals surface area contributed by atoms with Crippen molar-refractivity contribution in [3.05, 3.63) is 72.7 Å². The molecular weight excluding hydrogens is 227 g/mol. The molecule has 0 bridgehead atoms. The van der Waals surface area contributed by atoms with Gasteiger partial charge in [0.05, 0.1) is 13.4 Å². The van der Waals surface area contributed by atoms with Crippen LogP contribution in [0, 0.1) is 0 Å². The maximum Gasteiger partial charge on any atom is 0.0835 e. The lowest BCUT2D eigenvalue weighted by molar-refractivity contribution is 0.339. The molecule has 0 spiro atoms. The van der Waals surface area contributed by atoms with Crippen molar-refractivity contribution in [1.29, 1.82) is 0 Å². The number of methoxy groups -OCH3 is 1. The van der Waals surface area contributed by atoms with Crippen LogP contribution in [-0.4, -0.2) is 7.11 Å². The van der Waals surface area contributed by atoms with Gasteiger partial charge in [-0.05, 0) is 24.3 Å². The fourth-order valence-electron chi connectivity index (χ4n) is 1.62. The molecule has 2 aromatic carbocycles. The van der Waals surface area contributed by atoms with Crippen LogP contribution >= 0.6 is 7.92 Å². The molecule has 86 valence electrons. The Kier molecular flexibility index (Phi) is 4.35. The van der Waals surface area contributed by atoms with E-state index in [0.29, 0.717) is 0 Å². The molecular formula is C15H15OP. The van der Waals surface area contributed by atoms with E-state index in [1.807, 2.05) is 12.1 Å². The highest BCUT2D eigenvalue weighted by Crippen LogP contribution is 2.34. The lowest BCUT2D eigenvalue weighted by Gasteiger charge is -2.13. The number of ether oxygens (including phenoxy) is 1. The highest BCUT2D eigenvalue weighted by molar-refractivity contribution is 7.75. The maximum atomic E-state index is 5.05. The highest BCUT2D eigenvalue weighted by atomic mass is 31.1. The number of benzene rings is 2. The van der Waals surface area contributed by atoms with Crippen LogP contribution in [0.4, 0.5) is 0 Å². The summed E-state index contributed by atoms with van der Waals surface area (Å²) < 4.78 is 5.05. The highest BCUT2D eigenvalue weighted by Gasteiger charge is 2.09. The largest absolute Gasteiger partial charge is 0.504 e. The topological polar surface area (TPSA) is 9.23 Å². The van der Waals surface area contributed by atoms with E-state index in [4.69, 9.17) is 4.74 Å². The van der Waals surface area contributed by atoms with Crippen molar-refractivity contribution in [3.8, 4) is 0 Å². The van der Waals surface area contributed by atoms with Gasteiger partial charge >= 0.3 is 0 Å². The first-order valence-corrected chi connectivity index (χ1v) is 6.91. The van der Waals surface area contributed by atoms with Crippen LogP contribution in [0.3, 0.4) is 0 Å². The van der Waals surface area contributed by atoms with Crippen LogP contribution in [0.15, 0.2) is 72.7 Å². The zero-order valence-electron chi connectivity index (χ0n) is 9.78. The molecule has 0 aliphatic rings. The van der Waals surface area contributed by atoms with Gasteiger partial charge < -0.3 is 4.74 Å². The third kappa shape index (κ3) is 3.18. The van der Waals surface area contributed by atoms with Crippen molar-refractivity contribution in [2.45, 2.75) is 0 Å². The van der Waals surface area contributed by atoms with Gasteiger partial charge in [-0.15, -0.1) is 0 Å². The fraction of sp³-hybridized carbons (Fsp3) is 0.0667. The first-order chi connectivity index (χ1) is 8.42. The van der Waals surface area contributed by atoms with Crippen molar-refractivity contribution in [2.24, 2.45) is 0 Å². The lowest BCUT2D eigenvalue weighted by Crippen LogP contribution is -2.09. The summed E-state index contributed by atoms with van der Waals surface area (Å²) in [5.41, 5.74) is 0. The Morgan fingerprint density at radius 2 is 1.29 bits per heavy atom. The van der Waals surface area contributed by atoms with Gasteiger partial charge in [0.2, 0.25) is 0 Å². The van der Waals surface area contributed by atoms with Gasteiger partial charge in [0.25, 0.3) is 0 Å². The lowest BCUT2D eigenvalue weighted by atomic mass is 10.4. The van der Waals surface area contributed by atoms with Gasteiger partial charge in [0.15, 0.2) is 0 Å². The second-order valence-electron chi connectivity index (χ2n) is 3.56. The summed E-state index contributed by atoms with van der Waals surface area (Å²) in [7, 11) is 1.22. The second-order valence-corrected chi connectivity index (χ2v) is 5.63. The third-order valence-electron chi connectivity index (χ3n) is 2.41. The van der Waals surface area contributed by atoms with Crippen molar-refractivity contribution < 1.29 is 4.74 Å². The summed E-state index contributed by atoms with van der Waals surface area (Å²) in [4.78, 5) is 0. The predicted octanol–water partition coefficient (Wildman–Crippen LogP) is 3.24. The van der Waals surface area contributed by atoms with Crippen molar-refractivity contribution in [1.82, 2.24) is 0 Å².